The maximum absolute atomic E-state index is 12.8. The minimum absolute atomic E-state index is 0.0165. The second-order valence-corrected chi connectivity index (χ2v) is 6.50. The number of amides is 1. The summed E-state index contributed by atoms with van der Waals surface area (Å²) in [6.07, 6.45) is 7.64. The Kier molecular flexibility index (Phi) is 4.51. The van der Waals surface area contributed by atoms with E-state index in [9.17, 15) is 4.79 Å². The van der Waals surface area contributed by atoms with Crippen molar-refractivity contribution in [3.8, 4) is 0 Å². The lowest BCUT2D eigenvalue weighted by Gasteiger charge is -2.24. The molecule has 1 aromatic carbocycles. The van der Waals surface area contributed by atoms with Gasteiger partial charge in [0.25, 0.3) is 0 Å². The van der Waals surface area contributed by atoms with Crippen LogP contribution in [0.3, 0.4) is 0 Å². The fourth-order valence-electron chi connectivity index (χ4n) is 3.58. The molecule has 2 aromatic heterocycles. The second-order valence-electron chi connectivity index (χ2n) is 6.50. The van der Waals surface area contributed by atoms with Crippen molar-refractivity contribution >= 4 is 22.8 Å². The number of aryl methyl sites for hydroxylation is 1. The molecule has 1 fully saturated rings. The molecule has 1 saturated heterocycles. The van der Waals surface area contributed by atoms with E-state index in [0.717, 1.165) is 41.9 Å². The van der Waals surface area contributed by atoms with E-state index in [1.165, 1.54) is 0 Å². The number of benzene rings is 1. The van der Waals surface area contributed by atoms with Crippen molar-refractivity contribution in [1.82, 2.24) is 24.4 Å². The molecule has 0 spiro atoms. The molecular formula is C19H22N6O. The van der Waals surface area contributed by atoms with E-state index in [1.54, 1.807) is 18.7 Å². The number of likely N-dealkylation sites (tertiary alicyclic amines) is 1. The maximum Gasteiger partial charge on any atom is 0.224 e. The fourth-order valence-corrected chi connectivity index (χ4v) is 3.58. The molecule has 1 unspecified atom stereocenters. The Balaban J connectivity index is 1.46. The van der Waals surface area contributed by atoms with Crippen LogP contribution in [0.4, 0.5) is 5.82 Å². The fraction of sp³-hybridized carbons (Fsp3) is 0.368. The summed E-state index contributed by atoms with van der Waals surface area (Å²) >= 11 is 0. The van der Waals surface area contributed by atoms with Crippen LogP contribution in [-0.2, 0) is 11.3 Å². The molecule has 7 heteroatoms. The molecule has 3 aromatic rings. The van der Waals surface area contributed by atoms with Gasteiger partial charge in [0.1, 0.15) is 5.82 Å². The maximum atomic E-state index is 12.8. The van der Waals surface area contributed by atoms with Crippen LogP contribution in [-0.4, -0.2) is 43.9 Å². The van der Waals surface area contributed by atoms with Gasteiger partial charge in [-0.05, 0) is 25.0 Å². The van der Waals surface area contributed by atoms with Crippen LogP contribution in [0.5, 0.6) is 0 Å². The molecule has 7 nitrogen and oxygen atoms in total. The highest BCUT2D eigenvalue weighted by molar-refractivity contribution is 5.78. The number of anilines is 1. The van der Waals surface area contributed by atoms with Crippen molar-refractivity contribution in [3.05, 3.63) is 48.7 Å². The lowest BCUT2D eigenvalue weighted by molar-refractivity contribution is -0.132. The third kappa shape index (κ3) is 3.12. The first kappa shape index (κ1) is 16.5. The van der Waals surface area contributed by atoms with E-state index < -0.39 is 0 Å². The Morgan fingerprint density at radius 3 is 3.08 bits per heavy atom. The van der Waals surface area contributed by atoms with Gasteiger partial charge in [0, 0.05) is 26.6 Å². The Morgan fingerprint density at radius 2 is 2.19 bits per heavy atom. The van der Waals surface area contributed by atoms with Crippen molar-refractivity contribution in [2.75, 3.05) is 18.9 Å². The first-order valence-corrected chi connectivity index (χ1v) is 8.95. The van der Waals surface area contributed by atoms with Crippen LogP contribution >= 0.6 is 0 Å². The van der Waals surface area contributed by atoms with Gasteiger partial charge in [-0.2, -0.15) is 0 Å². The van der Waals surface area contributed by atoms with Crippen molar-refractivity contribution in [2.45, 2.75) is 31.8 Å². The first-order valence-electron chi connectivity index (χ1n) is 8.95. The Bertz CT molecular complexity index is 921. The van der Waals surface area contributed by atoms with Crippen molar-refractivity contribution < 1.29 is 4.79 Å². The van der Waals surface area contributed by atoms with Crippen LogP contribution < -0.4 is 5.32 Å². The average molecular weight is 350 g/mol. The van der Waals surface area contributed by atoms with Gasteiger partial charge >= 0.3 is 0 Å². The molecule has 0 radical (unpaired) electrons. The lowest BCUT2D eigenvalue weighted by atomic mass is 10.1. The van der Waals surface area contributed by atoms with E-state index in [-0.39, 0.29) is 11.9 Å². The van der Waals surface area contributed by atoms with Gasteiger partial charge in [-0.15, -0.1) is 0 Å². The zero-order valence-corrected chi connectivity index (χ0v) is 14.8. The van der Waals surface area contributed by atoms with Gasteiger partial charge in [0.05, 0.1) is 41.5 Å². The molecular weight excluding hydrogens is 328 g/mol. The van der Waals surface area contributed by atoms with Crippen LogP contribution in [0.25, 0.3) is 11.0 Å². The van der Waals surface area contributed by atoms with E-state index in [2.05, 4.69) is 20.3 Å². The van der Waals surface area contributed by atoms with E-state index in [4.69, 9.17) is 0 Å². The number of rotatable bonds is 5. The number of hydrogen-bond donors (Lipinski definition) is 1. The summed E-state index contributed by atoms with van der Waals surface area (Å²) in [5.41, 5.74) is 2.87. The zero-order valence-electron chi connectivity index (χ0n) is 14.8. The highest BCUT2D eigenvalue weighted by Gasteiger charge is 2.31. The van der Waals surface area contributed by atoms with Gasteiger partial charge < -0.3 is 14.8 Å². The number of para-hydroxylation sites is 2. The summed E-state index contributed by atoms with van der Waals surface area (Å²) in [6.45, 7) is 1.41. The van der Waals surface area contributed by atoms with Crippen LogP contribution in [0.2, 0.25) is 0 Å². The van der Waals surface area contributed by atoms with Crippen molar-refractivity contribution in [1.29, 1.82) is 0 Å². The third-order valence-corrected chi connectivity index (χ3v) is 4.92. The number of fused-ring (bicyclic) bond motifs is 1. The first-order chi connectivity index (χ1) is 12.8. The smallest absolute Gasteiger partial charge is 0.224 e. The summed E-state index contributed by atoms with van der Waals surface area (Å²) < 4.78 is 2.04. The lowest BCUT2D eigenvalue weighted by Crippen LogP contribution is -2.31. The number of nitrogens with one attached hydrogen (secondary N) is 1. The minimum Gasteiger partial charge on any atom is -0.372 e. The predicted octanol–water partition coefficient (Wildman–Crippen LogP) is 2.62. The van der Waals surface area contributed by atoms with Crippen molar-refractivity contribution in [2.24, 2.45) is 0 Å². The number of hydrogen-bond acceptors (Lipinski definition) is 5. The standard InChI is InChI=1S/C19H22N6O/c1-20-18-12-21-11-15(23-18)17-7-4-9-25(17)19(26)8-10-24-13-22-14-5-2-3-6-16(14)24/h2-3,5-6,11-13,17H,4,7-10H2,1H3,(H,20,23). The monoisotopic (exact) mass is 350 g/mol. The SMILES string of the molecule is CNc1cncc(C2CCCN2C(=O)CCn2cnc3ccccc32)n1. The Labute approximate surface area is 152 Å². The number of imidazole rings is 1. The molecule has 1 atom stereocenters. The molecule has 0 bridgehead atoms. The average Bonchev–Trinajstić information content (AvgIpc) is 3.33. The highest BCUT2D eigenvalue weighted by atomic mass is 16.2. The molecule has 0 aliphatic carbocycles. The second kappa shape index (κ2) is 7.11. The molecule has 1 N–H and O–H groups in total. The van der Waals surface area contributed by atoms with Crippen LogP contribution in [0.1, 0.15) is 31.0 Å². The molecule has 4 rings (SSSR count). The van der Waals surface area contributed by atoms with Gasteiger partial charge in [0.15, 0.2) is 0 Å². The summed E-state index contributed by atoms with van der Waals surface area (Å²) in [7, 11) is 1.82. The summed E-state index contributed by atoms with van der Waals surface area (Å²) in [6, 6.07) is 8.00. The quantitative estimate of drug-likeness (QED) is 0.765. The molecule has 3 heterocycles. The van der Waals surface area contributed by atoms with Gasteiger partial charge in [-0.3, -0.25) is 9.78 Å². The Hall–Kier alpha value is -2.96. The predicted molar refractivity (Wildman–Crippen MR) is 99.6 cm³/mol. The molecule has 0 saturated carbocycles. The molecule has 26 heavy (non-hydrogen) atoms. The zero-order chi connectivity index (χ0) is 17.9. The third-order valence-electron chi connectivity index (χ3n) is 4.92. The Morgan fingerprint density at radius 1 is 1.31 bits per heavy atom. The minimum atomic E-state index is 0.0165. The summed E-state index contributed by atoms with van der Waals surface area (Å²) in [5.74, 6) is 0.883. The molecule has 1 aliphatic rings. The topological polar surface area (TPSA) is 75.9 Å². The van der Waals surface area contributed by atoms with Crippen molar-refractivity contribution in [3.63, 3.8) is 0 Å². The van der Waals surface area contributed by atoms with Crippen LogP contribution in [0.15, 0.2) is 43.0 Å². The summed E-state index contributed by atoms with van der Waals surface area (Å²) in [5, 5.41) is 3.01. The molecule has 134 valence electrons. The normalized spacial score (nSPS) is 17.0. The largest absolute Gasteiger partial charge is 0.372 e. The number of nitrogens with zero attached hydrogens (tertiary/aromatic N) is 5. The molecule has 1 amide bonds. The van der Waals surface area contributed by atoms with Gasteiger partial charge in [-0.25, -0.2) is 9.97 Å². The van der Waals surface area contributed by atoms with E-state index in [1.807, 2.05) is 40.8 Å². The van der Waals surface area contributed by atoms with Gasteiger partial charge in [0.2, 0.25) is 5.91 Å². The van der Waals surface area contributed by atoms with E-state index in [0.29, 0.717) is 13.0 Å². The number of carbonyl (C=O) groups excluding carboxylic acids is 1. The molecule has 1 aliphatic heterocycles. The van der Waals surface area contributed by atoms with Gasteiger partial charge in [-0.1, -0.05) is 12.1 Å². The number of aromatic nitrogens is 4. The number of carbonyl (C=O) groups is 1. The highest BCUT2D eigenvalue weighted by Crippen LogP contribution is 2.31. The summed E-state index contributed by atoms with van der Waals surface area (Å²) in [4.78, 5) is 28.0. The van der Waals surface area contributed by atoms with Crippen LogP contribution in [0, 0.1) is 0 Å². The van der Waals surface area contributed by atoms with E-state index >= 15 is 0 Å².